The van der Waals surface area contributed by atoms with E-state index in [1.165, 1.54) is 36.6 Å². The maximum Gasteiger partial charge on any atom is 0.0209 e. The lowest BCUT2D eigenvalue weighted by molar-refractivity contribution is 0.291. The third-order valence-electron chi connectivity index (χ3n) is 3.41. The highest BCUT2D eigenvalue weighted by Gasteiger charge is 2.25. The van der Waals surface area contributed by atoms with Gasteiger partial charge in [0.15, 0.2) is 0 Å². The van der Waals surface area contributed by atoms with Crippen LogP contribution in [0, 0.1) is 10.8 Å². The predicted octanol–water partition coefficient (Wildman–Crippen LogP) is 3.91. The van der Waals surface area contributed by atoms with Crippen molar-refractivity contribution in [3.8, 4) is 0 Å². The monoisotopic (exact) mass is 224 g/mol. The summed E-state index contributed by atoms with van der Waals surface area (Å²) < 4.78 is 0. The maximum atomic E-state index is 7.42. The van der Waals surface area contributed by atoms with Gasteiger partial charge in [-0.3, -0.25) is 0 Å². The van der Waals surface area contributed by atoms with Crippen LogP contribution in [0.5, 0.6) is 0 Å². The molecule has 0 amide bonds. The molecule has 0 radical (unpaired) electrons. The molecule has 94 valence electrons. The smallest absolute Gasteiger partial charge is 0.0209 e. The molecular formula is C14H28N2. The number of nitrogens with two attached hydrogens (primary N) is 1. The molecule has 0 heterocycles. The van der Waals surface area contributed by atoms with Crippen molar-refractivity contribution in [2.24, 2.45) is 11.1 Å². The zero-order valence-electron chi connectivity index (χ0n) is 11.4. The first-order valence-electron chi connectivity index (χ1n) is 6.50. The minimum atomic E-state index is 0.217. The average Bonchev–Trinajstić information content (AvgIpc) is 2.32. The maximum absolute atomic E-state index is 7.42. The van der Waals surface area contributed by atoms with Crippen LogP contribution in [-0.4, -0.2) is 12.8 Å². The average molecular weight is 224 g/mol. The molecule has 1 aliphatic carbocycles. The van der Waals surface area contributed by atoms with Crippen molar-refractivity contribution < 1.29 is 0 Å². The summed E-state index contributed by atoms with van der Waals surface area (Å²) in [5, 5.41) is 7.42. The van der Waals surface area contributed by atoms with Gasteiger partial charge in [-0.1, -0.05) is 32.8 Å². The Kier molecular flexibility index (Phi) is 7.31. The minimum Gasteiger partial charge on any atom is -0.330 e. The molecule has 0 aromatic rings. The van der Waals surface area contributed by atoms with Crippen LogP contribution >= 0.6 is 0 Å². The van der Waals surface area contributed by atoms with Crippen LogP contribution in [0.15, 0.2) is 11.1 Å². The second kappa shape index (κ2) is 7.61. The van der Waals surface area contributed by atoms with E-state index >= 15 is 0 Å². The van der Waals surface area contributed by atoms with Gasteiger partial charge in [0.1, 0.15) is 0 Å². The third kappa shape index (κ3) is 4.48. The lowest BCUT2D eigenvalue weighted by atomic mass is 9.76. The van der Waals surface area contributed by atoms with Gasteiger partial charge >= 0.3 is 0 Å². The molecule has 16 heavy (non-hydrogen) atoms. The molecule has 0 aromatic heterocycles. The Morgan fingerprint density at radius 3 is 2.50 bits per heavy atom. The van der Waals surface area contributed by atoms with Crippen molar-refractivity contribution in [1.29, 1.82) is 5.41 Å². The van der Waals surface area contributed by atoms with Gasteiger partial charge in [-0.05, 0) is 50.1 Å². The zero-order chi connectivity index (χ0) is 12.6. The summed E-state index contributed by atoms with van der Waals surface area (Å²) in [6.07, 6.45) is 7.39. The molecule has 0 aliphatic heterocycles. The first kappa shape index (κ1) is 15.4. The van der Waals surface area contributed by atoms with Crippen molar-refractivity contribution in [3.63, 3.8) is 0 Å². The van der Waals surface area contributed by atoms with E-state index < -0.39 is 0 Å². The van der Waals surface area contributed by atoms with Crippen molar-refractivity contribution >= 4 is 6.21 Å². The van der Waals surface area contributed by atoms with Gasteiger partial charge in [0.2, 0.25) is 0 Å². The van der Waals surface area contributed by atoms with Crippen molar-refractivity contribution in [3.05, 3.63) is 11.1 Å². The molecule has 1 atom stereocenters. The molecule has 1 aliphatic rings. The van der Waals surface area contributed by atoms with E-state index in [4.69, 9.17) is 11.1 Å². The van der Waals surface area contributed by atoms with Crippen molar-refractivity contribution in [2.45, 2.75) is 59.8 Å². The third-order valence-corrected chi connectivity index (χ3v) is 3.41. The first-order valence-corrected chi connectivity index (χ1v) is 6.50. The van der Waals surface area contributed by atoms with Gasteiger partial charge in [0.05, 0.1) is 0 Å². The zero-order valence-corrected chi connectivity index (χ0v) is 11.4. The SMILES string of the molecule is C/C1=C(\C=N)CC(C)(CN)CCCC1.CC. The van der Waals surface area contributed by atoms with Crippen molar-refractivity contribution in [2.75, 3.05) is 6.54 Å². The van der Waals surface area contributed by atoms with E-state index in [-0.39, 0.29) is 5.41 Å². The van der Waals surface area contributed by atoms with E-state index in [2.05, 4.69) is 13.8 Å². The number of allylic oxidation sites excluding steroid dienone is 2. The molecule has 0 saturated carbocycles. The molecule has 0 saturated heterocycles. The van der Waals surface area contributed by atoms with E-state index in [0.717, 1.165) is 19.4 Å². The van der Waals surface area contributed by atoms with Crippen molar-refractivity contribution in [1.82, 2.24) is 0 Å². The van der Waals surface area contributed by atoms with E-state index in [1.54, 1.807) is 0 Å². The molecule has 3 N–H and O–H groups in total. The molecule has 0 fully saturated rings. The number of hydrogen-bond donors (Lipinski definition) is 2. The van der Waals surface area contributed by atoms with Gasteiger partial charge in [-0.2, -0.15) is 0 Å². The van der Waals surface area contributed by atoms with Crippen LogP contribution in [0.2, 0.25) is 0 Å². The predicted molar refractivity (Wildman–Crippen MR) is 73.1 cm³/mol. The molecule has 0 spiro atoms. The normalized spacial score (nSPS) is 30.8. The van der Waals surface area contributed by atoms with Crippen LogP contribution in [0.1, 0.15) is 59.8 Å². The minimum absolute atomic E-state index is 0.217. The van der Waals surface area contributed by atoms with Crippen LogP contribution in [-0.2, 0) is 0 Å². The largest absolute Gasteiger partial charge is 0.330 e. The summed E-state index contributed by atoms with van der Waals surface area (Å²) >= 11 is 0. The van der Waals surface area contributed by atoms with Gasteiger partial charge in [-0.25, -0.2) is 0 Å². The Morgan fingerprint density at radius 2 is 2.00 bits per heavy atom. The second-order valence-electron chi connectivity index (χ2n) is 4.85. The summed E-state index contributed by atoms with van der Waals surface area (Å²) in [6.45, 7) is 9.13. The first-order chi connectivity index (χ1) is 7.61. The summed E-state index contributed by atoms with van der Waals surface area (Å²) in [6, 6.07) is 0. The second-order valence-corrected chi connectivity index (χ2v) is 4.85. The van der Waals surface area contributed by atoms with Gasteiger partial charge in [-0.15, -0.1) is 0 Å². The van der Waals surface area contributed by atoms with E-state index in [1.807, 2.05) is 13.8 Å². The Morgan fingerprint density at radius 1 is 1.38 bits per heavy atom. The molecule has 0 bridgehead atoms. The Balaban J connectivity index is 0.00000106. The number of rotatable bonds is 2. The van der Waals surface area contributed by atoms with E-state index in [0.29, 0.717) is 0 Å². The van der Waals surface area contributed by atoms with Crippen LogP contribution in [0.3, 0.4) is 0 Å². The lowest BCUT2D eigenvalue weighted by Gasteiger charge is -2.31. The molecular weight excluding hydrogens is 196 g/mol. The topological polar surface area (TPSA) is 49.9 Å². The number of hydrogen-bond acceptors (Lipinski definition) is 2. The van der Waals surface area contributed by atoms with Crippen LogP contribution in [0.25, 0.3) is 0 Å². The Labute approximate surface area is 101 Å². The highest BCUT2D eigenvalue weighted by atomic mass is 14.6. The highest BCUT2D eigenvalue weighted by Crippen LogP contribution is 2.34. The summed E-state index contributed by atoms with van der Waals surface area (Å²) in [5.41, 5.74) is 8.63. The quantitative estimate of drug-likeness (QED) is 0.686. The Bertz CT molecular complexity index is 243. The van der Waals surface area contributed by atoms with Crippen LogP contribution < -0.4 is 5.73 Å². The molecule has 0 aromatic carbocycles. The standard InChI is InChI=1S/C12H22N2.C2H6/c1-10-5-3-4-6-12(2,9-14)7-11(10)8-13;1-2/h8,13H,3-7,9,14H2,1-2H3;1-2H3/b11-10+,13-8?;. The number of nitrogens with one attached hydrogen (secondary N) is 1. The van der Waals surface area contributed by atoms with Gasteiger partial charge in [0, 0.05) is 6.21 Å². The fourth-order valence-electron chi connectivity index (χ4n) is 2.15. The molecule has 2 nitrogen and oxygen atoms in total. The summed E-state index contributed by atoms with van der Waals surface area (Å²) in [4.78, 5) is 0. The molecule has 2 heteroatoms. The van der Waals surface area contributed by atoms with Gasteiger partial charge in [0.25, 0.3) is 0 Å². The van der Waals surface area contributed by atoms with Gasteiger partial charge < -0.3 is 11.1 Å². The molecule has 1 unspecified atom stereocenters. The fourth-order valence-corrected chi connectivity index (χ4v) is 2.15. The Hall–Kier alpha value is -0.630. The summed E-state index contributed by atoms with van der Waals surface area (Å²) in [5.74, 6) is 0. The van der Waals surface area contributed by atoms with E-state index in [9.17, 15) is 0 Å². The highest BCUT2D eigenvalue weighted by molar-refractivity contribution is 5.77. The summed E-state index contributed by atoms with van der Waals surface area (Å²) in [7, 11) is 0. The molecule has 1 rings (SSSR count). The van der Waals surface area contributed by atoms with Crippen LogP contribution in [0.4, 0.5) is 0 Å². The lowest BCUT2D eigenvalue weighted by Crippen LogP contribution is -2.29. The fraction of sp³-hybridized carbons (Fsp3) is 0.786.